The molecular formula is C30H18FeN3NaO6. The Balaban J connectivity index is 0.000000210. The Bertz CT molecular complexity index is 1460. The Kier molecular flexibility index (Phi) is 12.5. The van der Waals surface area contributed by atoms with Gasteiger partial charge in [0.25, 0.3) is 0 Å². The predicted molar refractivity (Wildman–Crippen MR) is 151 cm³/mol. The van der Waals surface area contributed by atoms with E-state index in [4.69, 9.17) is 0 Å². The van der Waals surface area contributed by atoms with E-state index in [1.165, 1.54) is 18.2 Å². The van der Waals surface area contributed by atoms with E-state index in [0.29, 0.717) is 16.7 Å². The van der Waals surface area contributed by atoms with E-state index in [-0.39, 0.29) is 81.1 Å². The fraction of sp³-hybridized carbons (Fsp3) is 0. The van der Waals surface area contributed by atoms with Crippen molar-refractivity contribution >= 4 is 52.7 Å². The van der Waals surface area contributed by atoms with Gasteiger partial charge in [-0.2, -0.15) is 0 Å². The van der Waals surface area contributed by atoms with E-state index in [9.17, 15) is 30.0 Å². The van der Waals surface area contributed by atoms with Crippen molar-refractivity contribution in [3.8, 4) is 0 Å². The molecule has 0 unspecified atom stereocenters. The molecule has 198 valence electrons. The minimum atomic E-state index is -0.325. The number of rotatable bonds is 0. The van der Waals surface area contributed by atoms with Gasteiger partial charge in [0.2, 0.25) is 17.3 Å². The van der Waals surface area contributed by atoms with Gasteiger partial charge in [-0.25, -0.2) is 0 Å². The van der Waals surface area contributed by atoms with Gasteiger partial charge in [0, 0.05) is 16.7 Å². The second-order valence-corrected chi connectivity index (χ2v) is 8.17. The number of hydrogen-bond donors (Lipinski definition) is 0. The maximum absolute atomic E-state index is 11.2. The monoisotopic (exact) mass is 595 g/mol. The van der Waals surface area contributed by atoms with E-state index in [1.807, 2.05) is 36.4 Å². The first kappa shape index (κ1) is 33.0. The summed E-state index contributed by atoms with van der Waals surface area (Å²) in [7, 11) is 0. The molecule has 0 spiro atoms. The van der Waals surface area contributed by atoms with Crippen LogP contribution in [0.15, 0.2) is 106 Å². The molecule has 9 nitrogen and oxygen atoms in total. The molecule has 6 rings (SSSR count). The first-order chi connectivity index (χ1) is 19.0. The summed E-state index contributed by atoms with van der Waals surface area (Å²) in [4.78, 5) is 33.5. The number of benzene rings is 3. The normalized spacial score (nSPS) is 16.7. The Labute approximate surface area is 267 Å². The van der Waals surface area contributed by atoms with Crippen LogP contribution in [0.2, 0.25) is 0 Å². The smallest absolute Gasteiger partial charge is 0.791 e. The van der Waals surface area contributed by atoms with Crippen molar-refractivity contribution in [2.75, 3.05) is 0 Å². The van der Waals surface area contributed by atoms with Crippen molar-refractivity contribution in [1.29, 1.82) is 0 Å². The van der Waals surface area contributed by atoms with Crippen molar-refractivity contribution in [1.82, 2.24) is 0 Å². The molecule has 11 heteroatoms. The number of ketones is 3. The maximum Gasteiger partial charge on any atom is 2.00 e. The van der Waals surface area contributed by atoms with E-state index < -0.39 is 0 Å². The summed E-state index contributed by atoms with van der Waals surface area (Å²) in [6.45, 7) is 0. The fourth-order valence-electron chi connectivity index (χ4n) is 3.99. The van der Waals surface area contributed by atoms with Crippen LogP contribution < -0.4 is 29.6 Å². The Morgan fingerprint density at radius 1 is 0.415 bits per heavy atom. The molecule has 0 N–H and O–H groups in total. The molecule has 3 aromatic carbocycles. The zero-order valence-electron chi connectivity index (χ0n) is 21.5. The minimum Gasteiger partial charge on any atom is -0.791 e. The van der Waals surface area contributed by atoms with Crippen LogP contribution >= 0.6 is 0 Å². The topological polar surface area (TPSA) is 157 Å². The Hall–Kier alpha value is -4.18. The van der Waals surface area contributed by atoms with Crippen LogP contribution in [0.4, 0.5) is 0 Å². The quantitative estimate of drug-likeness (QED) is 0.285. The molecule has 3 aliphatic carbocycles. The van der Waals surface area contributed by atoms with Crippen LogP contribution in [0.5, 0.6) is 0 Å². The number of nitrogens with zero attached hydrogens (tertiary/aromatic N) is 3. The van der Waals surface area contributed by atoms with Crippen LogP contribution in [-0.2, 0) is 31.5 Å². The molecule has 3 aliphatic rings. The number of hydrogen-bond acceptors (Lipinski definition) is 9. The van der Waals surface area contributed by atoms with Gasteiger partial charge in [-0.05, 0) is 34.9 Å². The average Bonchev–Trinajstić information content (AvgIpc) is 2.98. The second kappa shape index (κ2) is 15.6. The summed E-state index contributed by atoms with van der Waals surface area (Å²) in [5.74, 6) is -0.976. The van der Waals surface area contributed by atoms with Crippen LogP contribution in [0.25, 0.3) is 18.2 Å². The molecule has 0 heterocycles. The van der Waals surface area contributed by atoms with Crippen molar-refractivity contribution in [2.24, 2.45) is 15.5 Å². The van der Waals surface area contributed by atoms with Crippen molar-refractivity contribution in [2.45, 2.75) is 0 Å². The summed E-state index contributed by atoms with van der Waals surface area (Å²) in [5.41, 5.74) is 4.42. The van der Waals surface area contributed by atoms with Gasteiger partial charge in [0.15, 0.2) is 0 Å². The summed E-state index contributed by atoms with van der Waals surface area (Å²) < 4.78 is 0. The number of fused-ring (bicyclic) bond motifs is 3. The van der Waals surface area contributed by atoms with Crippen LogP contribution in [0.3, 0.4) is 0 Å². The van der Waals surface area contributed by atoms with E-state index in [2.05, 4.69) is 15.5 Å². The average molecular weight is 595 g/mol. The van der Waals surface area contributed by atoms with Gasteiger partial charge in [0.1, 0.15) is 17.1 Å². The van der Waals surface area contributed by atoms with Gasteiger partial charge < -0.3 is 31.1 Å². The molecule has 0 radical (unpaired) electrons. The summed E-state index contributed by atoms with van der Waals surface area (Å²) in [6.07, 6.45) is 9.14. The molecule has 0 fully saturated rings. The van der Waals surface area contributed by atoms with E-state index in [0.717, 1.165) is 16.7 Å². The maximum atomic E-state index is 11.2. The van der Waals surface area contributed by atoms with Crippen molar-refractivity contribution in [3.05, 3.63) is 140 Å². The molecule has 0 atom stereocenters. The zero-order valence-corrected chi connectivity index (χ0v) is 24.6. The molecule has 0 amide bonds. The zero-order chi connectivity index (χ0) is 27.8. The van der Waals surface area contributed by atoms with Gasteiger partial charge in [0.05, 0.1) is 0 Å². The summed E-state index contributed by atoms with van der Waals surface area (Å²) in [6, 6.07) is 21.5. The minimum absolute atomic E-state index is 0. The standard InChI is InChI=1S/3C10H7NO2.Fe.Na/c3*12-9-6-5-7-3-1-2-4-8(7)10(9)11-13;;/h3*1-6,13H;;/q;;;+2;+1/p-3. The molecule has 0 saturated heterocycles. The largest absolute Gasteiger partial charge is 2.00 e. The number of carbonyl (C=O) groups excluding carboxylic acids is 3. The molecule has 3 aromatic rings. The SMILES string of the molecule is O=C1C=Cc2ccccc2C1=N[O-].O=C1C=Cc2ccccc2C1=N[O-].O=C1C=Cc2ccccc2C1=N[O-].[Fe+2].[Na+]. The summed E-state index contributed by atoms with van der Waals surface area (Å²) >= 11 is 0. The molecule has 41 heavy (non-hydrogen) atoms. The molecule has 0 aliphatic heterocycles. The van der Waals surface area contributed by atoms with Crippen LogP contribution in [-0.4, -0.2) is 34.5 Å². The Morgan fingerprint density at radius 2 is 0.659 bits per heavy atom. The van der Waals surface area contributed by atoms with Crippen LogP contribution in [0.1, 0.15) is 33.4 Å². The van der Waals surface area contributed by atoms with Gasteiger partial charge in [-0.15, -0.1) is 0 Å². The fourth-order valence-corrected chi connectivity index (χ4v) is 3.99. The first-order valence-electron chi connectivity index (χ1n) is 11.5. The molecule has 0 bridgehead atoms. The second-order valence-electron chi connectivity index (χ2n) is 8.17. The Morgan fingerprint density at radius 3 is 0.902 bits per heavy atom. The molecule has 0 saturated carbocycles. The third kappa shape index (κ3) is 7.52. The van der Waals surface area contributed by atoms with Crippen molar-refractivity contribution in [3.63, 3.8) is 0 Å². The van der Waals surface area contributed by atoms with Gasteiger partial charge in [-0.3, -0.25) is 14.4 Å². The molecular weight excluding hydrogens is 577 g/mol. The van der Waals surface area contributed by atoms with E-state index in [1.54, 1.807) is 54.6 Å². The third-order valence-electron chi connectivity index (χ3n) is 5.86. The van der Waals surface area contributed by atoms with Crippen molar-refractivity contribution < 1.29 is 61.0 Å². The van der Waals surface area contributed by atoms with Gasteiger partial charge >= 0.3 is 46.6 Å². The first-order valence-corrected chi connectivity index (χ1v) is 11.5. The molecule has 0 aromatic heterocycles. The predicted octanol–water partition coefficient (Wildman–Crippen LogP) is 1.71. The third-order valence-corrected chi connectivity index (χ3v) is 5.86. The number of allylic oxidation sites excluding steroid dienone is 3. The van der Waals surface area contributed by atoms with Gasteiger partial charge in [-0.1, -0.05) is 91.0 Å². The number of carbonyl (C=O) groups is 3. The summed E-state index contributed by atoms with van der Waals surface area (Å²) in [5, 5.41) is 39.4. The van der Waals surface area contributed by atoms with Crippen LogP contribution in [0, 0.1) is 15.6 Å². The van der Waals surface area contributed by atoms with E-state index >= 15 is 0 Å².